The molecule has 2 aromatic rings. The summed E-state index contributed by atoms with van der Waals surface area (Å²) in [5.41, 5.74) is 2.04. The summed E-state index contributed by atoms with van der Waals surface area (Å²) in [5.74, 6) is -0.172. The summed E-state index contributed by atoms with van der Waals surface area (Å²) in [7, 11) is 0. The summed E-state index contributed by atoms with van der Waals surface area (Å²) >= 11 is 7.29. The molecule has 0 saturated carbocycles. The van der Waals surface area contributed by atoms with Gasteiger partial charge in [-0.05, 0) is 38.0 Å². The number of hydrogen-bond donors (Lipinski definition) is 2. The predicted octanol–water partition coefficient (Wildman–Crippen LogP) is 3.80. The van der Waals surface area contributed by atoms with Crippen molar-refractivity contribution in [3.8, 4) is 0 Å². The van der Waals surface area contributed by atoms with Gasteiger partial charge >= 0.3 is 0 Å². The molecular formula is C17H20ClN3O2S. The molecular weight excluding hydrogens is 346 g/mol. The van der Waals surface area contributed by atoms with Crippen LogP contribution in [0.3, 0.4) is 0 Å². The average Bonchev–Trinajstić information content (AvgIpc) is 2.51. The van der Waals surface area contributed by atoms with E-state index in [0.717, 1.165) is 24.1 Å². The third-order valence-electron chi connectivity index (χ3n) is 3.46. The highest BCUT2D eigenvalue weighted by Crippen LogP contribution is 2.25. The van der Waals surface area contributed by atoms with Gasteiger partial charge in [-0.25, -0.2) is 4.98 Å². The molecule has 1 atom stereocenters. The van der Waals surface area contributed by atoms with Crippen molar-refractivity contribution < 1.29 is 4.79 Å². The lowest BCUT2D eigenvalue weighted by Gasteiger charge is -2.14. The fourth-order valence-electron chi connectivity index (χ4n) is 2.12. The van der Waals surface area contributed by atoms with Gasteiger partial charge in [0.25, 0.3) is 5.56 Å². The van der Waals surface area contributed by atoms with Crippen LogP contribution >= 0.6 is 23.4 Å². The number of anilines is 1. The fourth-order valence-corrected chi connectivity index (χ4v) is 3.13. The maximum absolute atomic E-state index is 12.4. The number of carbonyl (C=O) groups is 1. The molecule has 5 nitrogen and oxygen atoms in total. The van der Waals surface area contributed by atoms with Gasteiger partial charge in [0.1, 0.15) is 0 Å². The quantitative estimate of drug-likeness (QED) is 0.603. The Morgan fingerprint density at radius 2 is 2.21 bits per heavy atom. The molecule has 1 amide bonds. The molecule has 0 aliphatic rings. The van der Waals surface area contributed by atoms with Gasteiger partial charge in [0.2, 0.25) is 5.91 Å². The zero-order valence-corrected chi connectivity index (χ0v) is 15.4. The van der Waals surface area contributed by atoms with E-state index in [4.69, 9.17) is 11.6 Å². The van der Waals surface area contributed by atoms with Crippen molar-refractivity contribution in [2.45, 2.75) is 44.0 Å². The summed E-state index contributed by atoms with van der Waals surface area (Å²) in [5, 5.41) is 3.51. The number of thioether (sulfide) groups is 1. The molecule has 1 aromatic carbocycles. The lowest BCUT2D eigenvalue weighted by atomic mass is 10.2. The van der Waals surface area contributed by atoms with E-state index in [2.05, 4.69) is 15.3 Å². The number of aryl methyl sites for hydroxylation is 1. The molecule has 0 bridgehead atoms. The van der Waals surface area contributed by atoms with Gasteiger partial charge in [-0.15, -0.1) is 0 Å². The number of aromatic nitrogens is 2. The van der Waals surface area contributed by atoms with Crippen molar-refractivity contribution in [1.82, 2.24) is 9.97 Å². The zero-order valence-electron chi connectivity index (χ0n) is 13.9. The first-order valence-corrected chi connectivity index (χ1v) is 8.99. The summed E-state index contributed by atoms with van der Waals surface area (Å²) in [4.78, 5) is 31.1. The molecule has 1 heterocycles. The van der Waals surface area contributed by atoms with Crippen LogP contribution in [0, 0.1) is 6.92 Å². The standard InChI is InChI=1S/C17H20ClN3O2S/c1-4-6-12-9-15(22)21-17(19-12)24-11(3)16(23)20-14-8-5-7-13(18)10(14)2/h5,7-9,11H,4,6H2,1-3H3,(H,20,23)(H,19,21,22)/t11-/m1/s1. The number of hydrogen-bond acceptors (Lipinski definition) is 4. The molecule has 24 heavy (non-hydrogen) atoms. The number of amides is 1. The first-order chi connectivity index (χ1) is 11.4. The molecule has 0 radical (unpaired) electrons. The Balaban J connectivity index is 2.09. The highest BCUT2D eigenvalue weighted by Gasteiger charge is 2.17. The monoisotopic (exact) mass is 365 g/mol. The van der Waals surface area contributed by atoms with Crippen molar-refractivity contribution in [2.24, 2.45) is 0 Å². The molecule has 128 valence electrons. The van der Waals surface area contributed by atoms with Crippen molar-refractivity contribution >= 4 is 35.0 Å². The molecule has 0 saturated heterocycles. The van der Waals surface area contributed by atoms with Crippen LogP contribution in [-0.4, -0.2) is 21.1 Å². The van der Waals surface area contributed by atoms with Crippen LogP contribution in [0.1, 0.15) is 31.5 Å². The molecule has 0 unspecified atom stereocenters. The SMILES string of the molecule is CCCc1cc(=O)[nH]c(S[C@H](C)C(=O)Nc2cccc(Cl)c2C)n1. The maximum Gasteiger partial charge on any atom is 0.251 e. The molecule has 1 aromatic heterocycles. The van der Waals surface area contributed by atoms with Crippen LogP contribution in [0.2, 0.25) is 5.02 Å². The Bertz CT molecular complexity index is 792. The summed E-state index contributed by atoms with van der Waals surface area (Å²) < 4.78 is 0. The van der Waals surface area contributed by atoms with Crippen LogP contribution in [0.15, 0.2) is 34.2 Å². The van der Waals surface area contributed by atoms with E-state index in [9.17, 15) is 9.59 Å². The topological polar surface area (TPSA) is 74.8 Å². The smallest absolute Gasteiger partial charge is 0.251 e. The van der Waals surface area contributed by atoms with Crippen molar-refractivity contribution in [1.29, 1.82) is 0 Å². The normalized spacial score (nSPS) is 12.0. The number of benzene rings is 1. The number of nitrogens with zero attached hydrogens (tertiary/aromatic N) is 1. The lowest BCUT2D eigenvalue weighted by molar-refractivity contribution is -0.115. The molecule has 2 rings (SSSR count). The average molecular weight is 366 g/mol. The van der Waals surface area contributed by atoms with Gasteiger partial charge in [0, 0.05) is 22.5 Å². The van der Waals surface area contributed by atoms with Crippen LogP contribution in [0.4, 0.5) is 5.69 Å². The van der Waals surface area contributed by atoms with Gasteiger partial charge in [-0.2, -0.15) is 0 Å². The number of carbonyl (C=O) groups excluding carboxylic acids is 1. The third kappa shape index (κ3) is 4.85. The first kappa shape index (κ1) is 18.5. The Morgan fingerprint density at radius 1 is 1.46 bits per heavy atom. The van der Waals surface area contributed by atoms with Crippen LogP contribution in [0.25, 0.3) is 0 Å². The van der Waals surface area contributed by atoms with Gasteiger partial charge < -0.3 is 10.3 Å². The van der Waals surface area contributed by atoms with Gasteiger partial charge in [-0.3, -0.25) is 9.59 Å². The minimum Gasteiger partial charge on any atom is -0.325 e. The largest absolute Gasteiger partial charge is 0.325 e. The highest BCUT2D eigenvalue weighted by molar-refractivity contribution is 8.00. The summed E-state index contributed by atoms with van der Waals surface area (Å²) in [6.07, 6.45) is 1.64. The molecule has 7 heteroatoms. The van der Waals surface area contributed by atoms with Gasteiger partial charge in [0.05, 0.1) is 5.25 Å². The lowest BCUT2D eigenvalue weighted by Crippen LogP contribution is -2.23. The first-order valence-electron chi connectivity index (χ1n) is 7.73. The zero-order chi connectivity index (χ0) is 17.7. The van der Waals surface area contributed by atoms with E-state index < -0.39 is 5.25 Å². The van der Waals surface area contributed by atoms with E-state index in [-0.39, 0.29) is 11.5 Å². The number of halogens is 1. The summed E-state index contributed by atoms with van der Waals surface area (Å²) in [6.45, 7) is 5.65. The number of rotatable bonds is 6. The Hall–Kier alpha value is -1.79. The van der Waals surface area contributed by atoms with Crippen molar-refractivity contribution in [3.63, 3.8) is 0 Å². The minimum atomic E-state index is -0.414. The Labute approximate surface area is 150 Å². The number of H-pyrrole nitrogens is 1. The second-order valence-corrected chi connectivity index (χ2v) is 7.19. The second kappa shape index (κ2) is 8.35. The minimum absolute atomic E-state index is 0.172. The Kier molecular flexibility index (Phi) is 6.45. The van der Waals surface area contributed by atoms with Crippen LogP contribution < -0.4 is 10.9 Å². The maximum atomic E-state index is 12.4. The third-order valence-corrected chi connectivity index (χ3v) is 4.86. The van der Waals surface area contributed by atoms with E-state index in [1.807, 2.05) is 13.8 Å². The van der Waals surface area contributed by atoms with Gasteiger partial charge in [-0.1, -0.05) is 42.8 Å². The highest BCUT2D eigenvalue weighted by atomic mass is 35.5. The van der Waals surface area contributed by atoms with E-state index >= 15 is 0 Å². The number of nitrogens with one attached hydrogen (secondary N) is 2. The molecule has 0 aliphatic heterocycles. The van der Waals surface area contributed by atoms with Crippen molar-refractivity contribution in [3.05, 3.63) is 50.9 Å². The molecule has 0 aliphatic carbocycles. The summed E-state index contributed by atoms with van der Waals surface area (Å²) in [6, 6.07) is 6.86. The Morgan fingerprint density at radius 3 is 2.92 bits per heavy atom. The molecule has 0 fully saturated rings. The molecule has 0 spiro atoms. The number of aromatic amines is 1. The molecule has 2 N–H and O–H groups in total. The predicted molar refractivity (Wildman–Crippen MR) is 99.0 cm³/mol. The van der Waals surface area contributed by atoms with Crippen LogP contribution in [0.5, 0.6) is 0 Å². The van der Waals surface area contributed by atoms with E-state index in [1.54, 1.807) is 25.1 Å². The second-order valence-electron chi connectivity index (χ2n) is 5.45. The van der Waals surface area contributed by atoms with Gasteiger partial charge in [0.15, 0.2) is 5.16 Å². The fraction of sp³-hybridized carbons (Fsp3) is 0.353. The van der Waals surface area contributed by atoms with E-state index in [1.165, 1.54) is 17.8 Å². The van der Waals surface area contributed by atoms with Crippen LogP contribution in [-0.2, 0) is 11.2 Å². The van der Waals surface area contributed by atoms with Crippen molar-refractivity contribution in [2.75, 3.05) is 5.32 Å². The van der Waals surface area contributed by atoms with E-state index in [0.29, 0.717) is 15.9 Å².